The van der Waals surface area contributed by atoms with Crippen molar-refractivity contribution < 1.29 is 4.79 Å². The summed E-state index contributed by atoms with van der Waals surface area (Å²) in [5.74, 6) is 2.54. The lowest BCUT2D eigenvalue weighted by molar-refractivity contribution is -0.157. The predicted octanol–water partition coefficient (Wildman–Crippen LogP) is 4.26. The second-order valence-corrected chi connectivity index (χ2v) is 9.39. The molecule has 5 fully saturated rings. The van der Waals surface area contributed by atoms with E-state index < -0.39 is 0 Å². The molecule has 2 nitrogen and oxygen atoms in total. The number of alkyl halides is 1. The summed E-state index contributed by atoms with van der Waals surface area (Å²) in [4.78, 5) is 13.2. The van der Waals surface area contributed by atoms with Crippen molar-refractivity contribution >= 4 is 17.5 Å². The quantitative estimate of drug-likeness (QED) is 0.775. The maximum Gasteiger partial charge on any atom is 0.226 e. The molecule has 0 aliphatic heterocycles. The molecule has 0 heterocycles. The average molecular weight is 310 g/mol. The van der Waals surface area contributed by atoms with E-state index in [2.05, 4.69) is 12.2 Å². The largest absolute Gasteiger partial charge is 0.349 e. The fraction of sp³-hybridized carbons (Fsp3) is 0.944. The van der Waals surface area contributed by atoms with Gasteiger partial charge in [-0.05, 0) is 68.6 Å². The number of nitrogens with one attached hydrogen (secondary N) is 1. The van der Waals surface area contributed by atoms with Crippen molar-refractivity contribution in [3.05, 3.63) is 0 Å². The van der Waals surface area contributed by atoms with E-state index in [0.717, 1.165) is 43.9 Å². The van der Waals surface area contributed by atoms with Crippen LogP contribution in [0.2, 0.25) is 0 Å². The fourth-order valence-corrected chi connectivity index (χ4v) is 7.04. The molecular formula is C18H28ClNO. The van der Waals surface area contributed by atoms with Crippen LogP contribution in [0.15, 0.2) is 0 Å². The molecule has 5 aliphatic rings. The molecule has 2 unspecified atom stereocenters. The Labute approximate surface area is 133 Å². The van der Waals surface area contributed by atoms with Gasteiger partial charge in [-0.2, -0.15) is 0 Å². The van der Waals surface area contributed by atoms with Crippen molar-refractivity contribution in [3.63, 3.8) is 0 Å². The maximum atomic E-state index is 13.2. The lowest BCUT2D eigenvalue weighted by atomic mass is 9.44. The predicted molar refractivity (Wildman–Crippen MR) is 85.3 cm³/mol. The third-order valence-electron chi connectivity index (χ3n) is 7.03. The summed E-state index contributed by atoms with van der Waals surface area (Å²) in [7, 11) is 0. The van der Waals surface area contributed by atoms with Gasteiger partial charge in [0.2, 0.25) is 5.91 Å². The van der Waals surface area contributed by atoms with E-state index in [1.807, 2.05) is 0 Å². The first kappa shape index (κ1) is 14.4. The molecular weight excluding hydrogens is 282 g/mol. The van der Waals surface area contributed by atoms with Gasteiger partial charge in [-0.3, -0.25) is 4.79 Å². The minimum absolute atomic E-state index is 0.0551. The van der Waals surface area contributed by atoms with E-state index in [-0.39, 0.29) is 11.0 Å². The van der Waals surface area contributed by atoms with Crippen molar-refractivity contribution in [2.45, 2.75) is 76.7 Å². The van der Waals surface area contributed by atoms with Gasteiger partial charge < -0.3 is 5.32 Å². The number of rotatable bonds is 3. The van der Waals surface area contributed by atoms with E-state index in [4.69, 9.17) is 11.6 Å². The molecule has 3 heteroatoms. The average Bonchev–Trinajstić information content (AvgIpc) is 2.85. The van der Waals surface area contributed by atoms with Gasteiger partial charge >= 0.3 is 0 Å². The molecule has 5 rings (SSSR count). The topological polar surface area (TPSA) is 29.1 Å². The summed E-state index contributed by atoms with van der Waals surface area (Å²) in [6.07, 6.45) is 12.1. The van der Waals surface area contributed by atoms with Gasteiger partial charge in [0.05, 0.1) is 11.0 Å². The Balaban J connectivity index is 1.56. The van der Waals surface area contributed by atoms with Crippen molar-refractivity contribution in [3.8, 4) is 0 Å². The molecule has 5 saturated carbocycles. The molecule has 0 aromatic heterocycles. The first-order chi connectivity index (χ1) is 9.97. The van der Waals surface area contributed by atoms with Crippen molar-refractivity contribution in [2.75, 3.05) is 5.88 Å². The van der Waals surface area contributed by atoms with Gasteiger partial charge in [0.1, 0.15) is 0 Å². The zero-order valence-electron chi connectivity index (χ0n) is 13.2. The zero-order chi connectivity index (χ0) is 14.7. The minimum atomic E-state index is -0.0944. The van der Waals surface area contributed by atoms with Crippen LogP contribution in [-0.4, -0.2) is 17.3 Å². The van der Waals surface area contributed by atoms with E-state index in [9.17, 15) is 4.79 Å². The Morgan fingerprint density at radius 1 is 1.14 bits per heavy atom. The summed E-state index contributed by atoms with van der Waals surface area (Å²) in [5.41, 5.74) is 0.286. The molecule has 4 bridgehead atoms. The van der Waals surface area contributed by atoms with Gasteiger partial charge in [-0.15, -0.1) is 11.6 Å². The lowest BCUT2D eigenvalue weighted by Gasteiger charge is -2.60. The molecule has 0 spiro atoms. The summed E-state index contributed by atoms with van der Waals surface area (Å²) >= 11 is 6.23. The zero-order valence-corrected chi connectivity index (χ0v) is 14.0. The van der Waals surface area contributed by atoms with E-state index >= 15 is 0 Å². The van der Waals surface area contributed by atoms with Crippen molar-refractivity contribution in [1.82, 2.24) is 5.32 Å². The summed E-state index contributed by atoms with van der Waals surface area (Å²) in [5, 5.41) is 3.45. The number of hydrogen-bond donors (Lipinski definition) is 1. The molecule has 0 saturated heterocycles. The second-order valence-electron chi connectivity index (χ2n) is 9.13. The summed E-state index contributed by atoms with van der Waals surface area (Å²) < 4.78 is 0. The molecule has 0 aromatic carbocycles. The molecule has 2 atom stereocenters. The van der Waals surface area contributed by atoms with Gasteiger partial charge in [0.25, 0.3) is 0 Å². The van der Waals surface area contributed by atoms with Crippen LogP contribution in [0.3, 0.4) is 0 Å². The Bertz CT molecular complexity index is 440. The molecule has 5 aliphatic carbocycles. The number of carbonyl (C=O) groups excluding carboxylic acids is 1. The van der Waals surface area contributed by atoms with Crippen LogP contribution >= 0.6 is 11.6 Å². The molecule has 1 N–H and O–H groups in total. The normalized spacial score (nSPS) is 46.8. The number of hydrogen-bond acceptors (Lipinski definition) is 1. The Hall–Kier alpha value is -0.240. The SMILES string of the molecule is CC12CC3CC(C1)CC(C(=O)NC1(CCl)CCCC1)(C3)C2. The van der Waals surface area contributed by atoms with Crippen LogP contribution < -0.4 is 5.32 Å². The molecule has 0 radical (unpaired) electrons. The van der Waals surface area contributed by atoms with E-state index in [1.54, 1.807) is 0 Å². The molecule has 0 aromatic rings. The van der Waals surface area contributed by atoms with E-state index in [1.165, 1.54) is 32.1 Å². The highest BCUT2D eigenvalue weighted by Gasteiger charge is 2.59. The van der Waals surface area contributed by atoms with Gasteiger partial charge in [0, 0.05) is 5.88 Å². The highest BCUT2D eigenvalue weighted by Crippen LogP contribution is 2.65. The lowest BCUT2D eigenvalue weighted by Crippen LogP contribution is -2.60. The second kappa shape index (κ2) is 4.63. The monoisotopic (exact) mass is 309 g/mol. The third kappa shape index (κ3) is 2.24. The Morgan fingerprint density at radius 3 is 2.29 bits per heavy atom. The smallest absolute Gasteiger partial charge is 0.226 e. The van der Waals surface area contributed by atoms with Crippen LogP contribution in [-0.2, 0) is 4.79 Å². The van der Waals surface area contributed by atoms with Gasteiger partial charge in [-0.25, -0.2) is 0 Å². The van der Waals surface area contributed by atoms with E-state index in [0.29, 0.717) is 17.2 Å². The highest BCUT2D eigenvalue weighted by molar-refractivity contribution is 6.18. The Kier molecular flexibility index (Phi) is 3.17. The summed E-state index contributed by atoms with van der Waals surface area (Å²) in [6.45, 7) is 2.43. The van der Waals surface area contributed by atoms with Gasteiger partial charge in [-0.1, -0.05) is 19.8 Å². The van der Waals surface area contributed by atoms with Gasteiger partial charge in [0.15, 0.2) is 0 Å². The van der Waals surface area contributed by atoms with Crippen LogP contribution in [0.25, 0.3) is 0 Å². The molecule has 1 amide bonds. The van der Waals surface area contributed by atoms with Crippen LogP contribution in [0.4, 0.5) is 0 Å². The summed E-state index contributed by atoms with van der Waals surface area (Å²) in [6, 6.07) is 0. The van der Waals surface area contributed by atoms with Crippen molar-refractivity contribution in [2.24, 2.45) is 22.7 Å². The number of carbonyl (C=O) groups is 1. The first-order valence-corrected chi connectivity index (χ1v) is 9.39. The first-order valence-electron chi connectivity index (χ1n) is 8.85. The number of halogens is 1. The van der Waals surface area contributed by atoms with Crippen LogP contribution in [0.5, 0.6) is 0 Å². The molecule has 21 heavy (non-hydrogen) atoms. The standard InChI is InChI=1S/C18H28ClNO/c1-16-7-13-6-14(8-16)10-17(9-13,11-16)15(21)20-18(12-19)4-2-3-5-18/h13-14H,2-12H2,1H3,(H,20,21). The highest BCUT2D eigenvalue weighted by atomic mass is 35.5. The minimum Gasteiger partial charge on any atom is -0.349 e. The maximum absolute atomic E-state index is 13.2. The van der Waals surface area contributed by atoms with Crippen LogP contribution in [0, 0.1) is 22.7 Å². The molecule has 118 valence electrons. The Morgan fingerprint density at radius 2 is 1.76 bits per heavy atom. The third-order valence-corrected chi connectivity index (χ3v) is 7.54. The van der Waals surface area contributed by atoms with Crippen LogP contribution in [0.1, 0.15) is 71.1 Å². The fourth-order valence-electron chi connectivity index (χ4n) is 6.70. The van der Waals surface area contributed by atoms with Crippen molar-refractivity contribution in [1.29, 1.82) is 0 Å². The number of amides is 1.